The lowest BCUT2D eigenvalue weighted by atomic mass is 9.79. The SMILES string of the molecule is CN(CCC1CCC(CCNCCCCCCO)CC1)C(=O)Oc1ccc(Cl)cc1. The molecule has 1 fully saturated rings. The van der Waals surface area contributed by atoms with E-state index in [4.69, 9.17) is 21.4 Å². The van der Waals surface area contributed by atoms with Crippen molar-refractivity contribution in [1.29, 1.82) is 0 Å². The zero-order valence-electron chi connectivity index (χ0n) is 18.5. The van der Waals surface area contributed by atoms with E-state index in [-0.39, 0.29) is 6.09 Å². The first kappa shape index (κ1) is 25.0. The highest BCUT2D eigenvalue weighted by atomic mass is 35.5. The Morgan fingerprint density at radius 2 is 1.67 bits per heavy atom. The van der Waals surface area contributed by atoms with Crippen molar-refractivity contribution in [3.05, 3.63) is 29.3 Å². The van der Waals surface area contributed by atoms with E-state index in [9.17, 15) is 4.79 Å². The van der Waals surface area contributed by atoms with Gasteiger partial charge in [-0.3, -0.25) is 0 Å². The Labute approximate surface area is 187 Å². The van der Waals surface area contributed by atoms with Crippen molar-refractivity contribution in [3.8, 4) is 5.75 Å². The van der Waals surface area contributed by atoms with E-state index in [1.807, 2.05) is 0 Å². The number of carbonyl (C=O) groups excluding carboxylic acids is 1. The van der Waals surface area contributed by atoms with E-state index >= 15 is 0 Å². The van der Waals surface area contributed by atoms with Gasteiger partial charge in [0, 0.05) is 25.2 Å². The lowest BCUT2D eigenvalue weighted by Gasteiger charge is -2.29. The van der Waals surface area contributed by atoms with Crippen molar-refractivity contribution in [3.63, 3.8) is 0 Å². The number of aliphatic hydroxyl groups excluding tert-OH is 1. The normalized spacial score (nSPS) is 18.9. The Hall–Kier alpha value is -1.30. The number of hydrogen-bond donors (Lipinski definition) is 2. The largest absolute Gasteiger partial charge is 0.414 e. The Morgan fingerprint density at radius 3 is 2.33 bits per heavy atom. The van der Waals surface area contributed by atoms with E-state index in [1.54, 1.807) is 36.2 Å². The molecular weight excluding hydrogens is 400 g/mol. The van der Waals surface area contributed by atoms with Crippen molar-refractivity contribution >= 4 is 17.7 Å². The summed E-state index contributed by atoms with van der Waals surface area (Å²) in [6.07, 6.45) is 11.6. The van der Waals surface area contributed by atoms with Crippen LogP contribution in [0, 0.1) is 11.8 Å². The van der Waals surface area contributed by atoms with Crippen LogP contribution >= 0.6 is 11.6 Å². The van der Waals surface area contributed by atoms with Gasteiger partial charge < -0.3 is 20.1 Å². The molecule has 0 heterocycles. The number of nitrogens with zero attached hydrogens (tertiary/aromatic N) is 1. The summed E-state index contributed by atoms with van der Waals surface area (Å²) in [6, 6.07) is 6.86. The Balaban J connectivity index is 1.51. The van der Waals surface area contributed by atoms with E-state index in [2.05, 4.69) is 5.32 Å². The van der Waals surface area contributed by atoms with Crippen molar-refractivity contribution in [2.75, 3.05) is 33.3 Å². The number of amides is 1. The van der Waals surface area contributed by atoms with Gasteiger partial charge in [0.25, 0.3) is 0 Å². The molecule has 0 aromatic heterocycles. The second-order valence-corrected chi connectivity index (χ2v) is 9.03. The zero-order valence-corrected chi connectivity index (χ0v) is 19.2. The molecule has 5 nitrogen and oxygen atoms in total. The summed E-state index contributed by atoms with van der Waals surface area (Å²) in [5.74, 6) is 2.08. The van der Waals surface area contributed by atoms with E-state index in [1.165, 1.54) is 44.9 Å². The van der Waals surface area contributed by atoms with Crippen LogP contribution in [0.1, 0.15) is 64.2 Å². The molecule has 0 atom stereocenters. The van der Waals surface area contributed by atoms with Gasteiger partial charge in [0.15, 0.2) is 0 Å². The molecule has 2 rings (SSSR count). The summed E-state index contributed by atoms with van der Waals surface area (Å²) in [7, 11) is 1.80. The summed E-state index contributed by atoms with van der Waals surface area (Å²) in [5, 5.41) is 13.0. The van der Waals surface area contributed by atoms with Crippen LogP contribution in [0.25, 0.3) is 0 Å². The zero-order chi connectivity index (χ0) is 21.6. The molecule has 2 N–H and O–H groups in total. The van der Waals surface area contributed by atoms with Crippen LogP contribution in [-0.4, -0.2) is 49.4 Å². The maximum atomic E-state index is 12.2. The van der Waals surface area contributed by atoms with Crippen molar-refractivity contribution in [2.45, 2.75) is 64.2 Å². The maximum Gasteiger partial charge on any atom is 0.414 e. The van der Waals surface area contributed by atoms with Crippen LogP contribution in [-0.2, 0) is 0 Å². The van der Waals surface area contributed by atoms with Crippen molar-refractivity contribution < 1.29 is 14.6 Å². The first-order chi connectivity index (χ1) is 14.6. The molecule has 30 heavy (non-hydrogen) atoms. The number of unbranched alkanes of at least 4 members (excludes halogenated alkanes) is 3. The Kier molecular flexibility index (Phi) is 12.2. The topological polar surface area (TPSA) is 61.8 Å². The van der Waals surface area contributed by atoms with Gasteiger partial charge in [-0.15, -0.1) is 0 Å². The summed E-state index contributed by atoms with van der Waals surface area (Å²) >= 11 is 5.86. The Bertz CT molecular complexity index is 589. The maximum absolute atomic E-state index is 12.2. The summed E-state index contributed by atoms with van der Waals surface area (Å²) in [6.45, 7) is 3.27. The average Bonchev–Trinajstić information content (AvgIpc) is 2.76. The first-order valence-corrected chi connectivity index (χ1v) is 12.0. The molecule has 0 aliphatic heterocycles. The van der Waals surface area contributed by atoms with Gasteiger partial charge in [-0.1, -0.05) is 50.1 Å². The highest BCUT2D eigenvalue weighted by molar-refractivity contribution is 6.30. The average molecular weight is 439 g/mol. The number of nitrogens with one attached hydrogen (secondary N) is 1. The molecule has 0 spiro atoms. The number of carbonyl (C=O) groups is 1. The summed E-state index contributed by atoms with van der Waals surface area (Å²) in [4.78, 5) is 13.9. The molecule has 0 saturated heterocycles. The fourth-order valence-corrected chi connectivity index (χ4v) is 4.23. The number of halogens is 1. The number of hydrogen-bond acceptors (Lipinski definition) is 4. The minimum Gasteiger partial charge on any atom is -0.410 e. The molecule has 0 radical (unpaired) electrons. The van der Waals surface area contributed by atoms with Gasteiger partial charge in [0.2, 0.25) is 0 Å². The number of aliphatic hydroxyl groups is 1. The van der Waals surface area contributed by atoms with Crippen molar-refractivity contribution in [1.82, 2.24) is 10.2 Å². The molecule has 1 amide bonds. The smallest absolute Gasteiger partial charge is 0.410 e. The molecule has 1 saturated carbocycles. The van der Waals surface area contributed by atoms with E-state index in [0.717, 1.165) is 44.8 Å². The third-order valence-electron chi connectivity index (χ3n) is 6.16. The standard InChI is InChI=1S/C24H39ClN2O3/c1-27(24(29)30-23-12-10-22(25)11-13-23)18-15-21-8-6-20(7-9-21)14-17-26-16-4-2-3-5-19-28/h10-13,20-21,26,28H,2-9,14-19H2,1H3. The summed E-state index contributed by atoms with van der Waals surface area (Å²) < 4.78 is 5.39. The molecule has 6 heteroatoms. The highest BCUT2D eigenvalue weighted by Crippen LogP contribution is 2.32. The molecular formula is C24H39ClN2O3. The monoisotopic (exact) mass is 438 g/mol. The van der Waals surface area contributed by atoms with Crippen LogP contribution in [0.15, 0.2) is 24.3 Å². The minimum absolute atomic E-state index is 0.312. The fourth-order valence-electron chi connectivity index (χ4n) is 4.10. The molecule has 1 aromatic carbocycles. The third-order valence-corrected chi connectivity index (χ3v) is 6.41. The van der Waals surface area contributed by atoms with Gasteiger partial charge in [0.05, 0.1) is 0 Å². The highest BCUT2D eigenvalue weighted by Gasteiger charge is 2.22. The molecule has 170 valence electrons. The van der Waals surface area contributed by atoms with Crippen LogP contribution in [0.4, 0.5) is 4.79 Å². The quantitative estimate of drug-likeness (QED) is 0.399. The van der Waals surface area contributed by atoms with Gasteiger partial charge in [-0.2, -0.15) is 0 Å². The second kappa shape index (κ2) is 14.7. The molecule has 0 unspecified atom stereocenters. The number of rotatable bonds is 13. The van der Waals surface area contributed by atoms with Gasteiger partial charge in [-0.05, 0) is 74.9 Å². The van der Waals surface area contributed by atoms with Crippen LogP contribution < -0.4 is 10.1 Å². The predicted octanol–water partition coefficient (Wildman–Crippen LogP) is 5.50. The first-order valence-electron chi connectivity index (χ1n) is 11.6. The second-order valence-electron chi connectivity index (χ2n) is 8.60. The fraction of sp³-hybridized carbons (Fsp3) is 0.708. The van der Waals surface area contributed by atoms with Gasteiger partial charge >= 0.3 is 6.09 Å². The van der Waals surface area contributed by atoms with Gasteiger partial charge in [0.1, 0.15) is 5.75 Å². The van der Waals surface area contributed by atoms with Crippen LogP contribution in [0.2, 0.25) is 5.02 Å². The van der Waals surface area contributed by atoms with Crippen LogP contribution in [0.3, 0.4) is 0 Å². The predicted molar refractivity (Wildman–Crippen MR) is 123 cm³/mol. The third kappa shape index (κ3) is 10.1. The number of ether oxygens (including phenoxy) is 1. The molecule has 1 aliphatic carbocycles. The lowest BCUT2D eigenvalue weighted by Crippen LogP contribution is -2.32. The molecule has 1 aliphatic rings. The van der Waals surface area contributed by atoms with E-state index < -0.39 is 0 Å². The molecule has 0 bridgehead atoms. The van der Waals surface area contributed by atoms with Crippen molar-refractivity contribution in [2.24, 2.45) is 11.8 Å². The lowest BCUT2D eigenvalue weighted by molar-refractivity contribution is 0.156. The van der Waals surface area contributed by atoms with Crippen LogP contribution in [0.5, 0.6) is 5.75 Å². The molecule has 1 aromatic rings. The van der Waals surface area contributed by atoms with Gasteiger partial charge in [-0.25, -0.2) is 4.79 Å². The van der Waals surface area contributed by atoms with E-state index in [0.29, 0.717) is 23.3 Å². The summed E-state index contributed by atoms with van der Waals surface area (Å²) in [5.41, 5.74) is 0. The minimum atomic E-state index is -0.312. The number of benzene rings is 1. The Morgan fingerprint density at radius 1 is 1.03 bits per heavy atom.